The fraction of sp³-hybridized carbons (Fsp3) is 0.429. The Balaban J connectivity index is 1.13. The van der Waals surface area contributed by atoms with Crippen molar-refractivity contribution in [3.63, 3.8) is 0 Å². The Morgan fingerprint density at radius 2 is 1.73 bits per heavy atom. The standard InChI is InChI=1S/C28H31N3O2/c32-25(17-23-21-8-4-5-9-22(21)24-18-29-19-31(23)24)27-10-13-28(14-11-27,15-12-27)30-26(33)16-20-6-2-1-3-7-20/h1-9,18-19,23,25,32H,10-17H2,(H,30,33). The first-order chi connectivity index (χ1) is 16.1. The van der Waals surface area contributed by atoms with Gasteiger partial charge in [-0.3, -0.25) is 4.79 Å². The molecule has 2 aromatic carbocycles. The summed E-state index contributed by atoms with van der Waals surface area (Å²) in [7, 11) is 0. The smallest absolute Gasteiger partial charge is 0.224 e. The molecule has 7 rings (SSSR count). The van der Waals surface area contributed by atoms with E-state index in [9.17, 15) is 9.90 Å². The van der Waals surface area contributed by atoms with Gasteiger partial charge in [-0.05, 0) is 61.5 Å². The number of fused-ring (bicyclic) bond motifs is 6. The summed E-state index contributed by atoms with van der Waals surface area (Å²) < 4.78 is 2.23. The van der Waals surface area contributed by atoms with Crippen LogP contribution < -0.4 is 5.32 Å². The van der Waals surface area contributed by atoms with E-state index in [1.807, 2.05) is 42.9 Å². The summed E-state index contributed by atoms with van der Waals surface area (Å²) in [5, 5.41) is 14.9. The van der Waals surface area contributed by atoms with E-state index in [4.69, 9.17) is 0 Å². The number of hydrogen-bond donors (Lipinski definition) is 2. The third-order valence-electron chi connectivity index (χ3n) is 8.67. The molecule has 5 nitrogen and oxygen atoms in total. The third kappa shape index (κ3) is 3.50. The summed E-state index contributed by atoms with van der Waals surface area (Å²) in [5.41, 5.74) is 4.59. The van der Waals surface area contributed by atoms with Gasteiger partial charge in [0, 0.05) is 11.1 Å². The lowest BCUT2D eigenvalue weighted by Crippen LogP contribution is -2.59. The largest absolute Gasteiger partial charge is 0.392 e. The Kier molecular flexibility index (Phi) is 4.91. The lowest BCUT2D eigenvalue weighted by atomic mass is 9.54. The van der Waals surface area contributed by atoms with Gasteiger partial charge in [-0.2, -0.15) is 0 Å². The number of aromatic nitrogens is 2. The van der Waals surface area contributed by atoms with E-state index in [-0.39, 0.29) is 29.0 Å². The minimum atomic E-state index is -0.359. The van der Waals surface area contributed by atoms with Crippen molar-refractivity contribution in [1.29, 1.82) is 0 Å². The van der Waals surface area contributed by atoms with Crippen LogP contribution in [0.25, 0.3) is 11.3 Å². The van der Waals surface area contributed by atoms with Gasteiger partial charge in [-0.1, -0.05) is 54.6 Å². The fourth-order valence-corrected chi connectivity index (χ4v) is 6.66. The van der Waals surface area contributed by atoms with Crippen LogP contribution in [-0.4, -0.2) is 32.2 Å². The summed E-state index contributed by atoms with van der Waals surface area (Å²) in [6.45, 7) is 0. The normalized spacial score (nSPS) is 28.2. The molecule has 3 fully saturated rings. The second-order valence-electron chi connectivity index (χ2n) is 10.4. The maximum absolute atomic E-state index is 12.7. The lowest BCUT2D eigenvalue weighted by Gasteiger charge is -2.55. The number of hydrogen-bond acceptors (Lipinski definition) is 3. The number of aliphatic hydroxyl groups is 1. The van der Waals surface area contributed by atoms with Gasteiger partial charge in [0.25, 0.3) is 0 Å². The van der Waals surface area contributed by atoms with Crippen molar-refractivity contribution in [1.82, 2.24) is 14.9 Å². The number of nitrogens with one attached hydrogen (secondary N) is 1. The maximum Gasteiger partial charge on any atom is 0.224 e. The van der Waals surface area contributed by atoms with Crippen molar-refractivity contribution in [2.24, 2.45) is 5.41 Å². The van der Waals surface area contributed by atoms with Gasteiger partial charge in [0.1, 0.15) is 0 Å². The van der Waals surface area contributed by atoms with Crippen LogP contribution in [0.15, 0.2) is 67.1 Å². The molecule has 1 amide bonds. The predicted octanol–water partition coefficient (Wildman–Crippen LogP) is 4.66. The van der Waals surface area contributed by atoms with E-state index in [0.717, 1.165) is 49.8 Å². The number of rotatable bonds is 6. The molecule has 1 aliphatic heterocycles. The highest BCUT2D eigenvalue weighted by Gasteiger charge is 2.52. The van der Waals surface area contributed by atoms with Gasteiger partial charge in [0.05, 0.1) is 36.8 Å². The fourth-order valence-electron chi connectivity index (χ4n) is 6.66. The zero-order chi connectivity index (χ0) is 22.5. The summed E-state index contributed by atoms with van der Waals surface area (Å²) in [4.78, 5) is 17.1. The zero-order valence-corrected chi connectivity index (χ0v) is 18.9. The highest BCUT2D eigenvalue weighted by Crippen LogP contribution is 2.56. The molecule has 5 heteroatoms. The number of nitrogens with zero attached hydrogens (tertiary/aromatic N) is 2. The van der Waals surface area contributed by atoms with E-state index in [1.54, 1.807) is 0 Å². The molecule has 1 aromatic heterocycles. The van der Waals surface area contributed by atoms with Crippen LogP contribution in [0.3, 0.4) is 0 Å². The molecule has 33 heavy (non-hydrogen) atoms. The van der Waals surface area contributed by atoms with E-state index < -0.39 is 0 Å². The number of amides is 1. The van der Waals surface area contributed by atoms with Gasteiger partial charge in [-0.15, -0.1) is 0 Å². The van der Waals surface area contributed by atoms with E-state index in [0.29, 0.717) is 12.8 Å². The van der Waals surface area contributed by atoms with E-state index in [1.165, 1.54) is 11.1 Å². The summed E-state index contributed by atoms with van der Waals surface area (Å²) in [6, 6.07) is 18.6. The monoisotopic (exact) mass is 441 g/mol. The van der Waals surface area contributed by atoms with Gasteiger partial charge in [0.15, 0.2) is 0 Å². The first kappa shape index (κ1) is 20.7. The first-order valence-corrected chi connectivity index (χ1v) is 12.2. The first-order valence-electron chi connectivity index (χ1n) is 12.2. The Labute approximate surface area is 194 Å². The van der Waals surface area contributed by atoms with Crippen LogP contribution in [0, 0.1) is 5.41 Å². The van der Waals surface area contributed by atoms with Crippen LogP contribution in [0.5, 0.6) is 0 Å². The van der Waals surface area contributed by atoms with Crippen LogP contribution >= 0.6 is 0 Å². The molecule has 0 radical (unpaired) electrons. The maximum atomic E-state index is 12.7. The molecule has 2 bridgehead atoms. The molecule has 3 aliphatic carbocycles. The summed E-state index contributed by atoms with van der Waals surface area (Å²) in [6.07, 6.45) is 10.4. The van der Waals surface area contributed by atoms with Crippen molar-refractivity contribution in [3.05, 3.63) is 78.2 Å². The molecule has 3 aromatic rings. The minimum Gasteiger partial charge on any atom is -0.392 e. The third-order valence-corrected chi connectivity index (χ3v) is 8.67. The molecule has 0 spiro atoms. The number of benzene rings is 2. The topological polar surface area (TPSA) is 67.2 Å². The molecular weight excluding hydrogens is 410 g/mol. The Bertz CT molecular complexity index is 1140. The molecule has 170 valence electrons. The lowest BCUT2D eigenvalue weighted by molar-refractivity contribution is -0.127. The molecule has 2 N–H and O–H groups in total. The van der Waals surface area contributed by atoms with Crippen LogP contribution in [0.1, 0.15) is 62.1 Å². The quantitative estimate of drug-likeness (QED) is 0.585. The number of carbonyl (C=O) groups excluding carboxylic acids is 1. The zero-order valence-electron chi connectivity index (χ0n) is 18.9. The highest BCUT2D eigenvalue weighted by atomic mass is 16.3. The summed E-state index contributed by atoms with van der Waals surface area (Å²) >= 11 is 0. The second-order valence-corrected chi connectivity index (χ2v) is 10.4. The second kappa shape index (κ2) is 7.84. The van der Waals surface area contributed by atoms with Gasteiger partial charge >= 0.3 is 0 Å². The molecule has 3 saturated carbocycles. The average molecular weight is 442 g/mol. The van der Waals surface area contributed by atoms with Gasteiger partial charge < -0.3 is 15.0 Å². The average Bonchev–Trinajstić information content (AvgIpc) is 3.43. The van der Waals surface area contributed by atoms with Crippen molar-refractivity contribution in [2.75, 3.05) is 0 Å². The Hall–Kier alpha value is -2.92. The van der Waals surface area contributed by atoms with E-state index in [2.05, 4.69) is 39.1 Å². The van der Waals surface area contributed by atoms with Crippen molar-refractivity contribution >= 4 is 5.91 Å². The van der Waals surface area contributed by atoms with Crippen LogP contribution in [0.4, 0.5) is 0 Å². The summed E-state index contributed by atoms with van der Waals surface area (Å²) in [5.74, 6) is 0.117. The number of carbonyl (C=O) groups is 1. The van der Waals surface area contributed by atoms with Crippen molar-refractivity contribution in [3.8, 4) is 11.3 Å². The molecule has 0 saturated heterocycles. The SMILES string of the molecule is O=C(Cc1ccccc1)NC12CCC(C(O)CC3c4ccccc4-c4cncn43)(CC1)CC2. The van der Waals surface area contributed by atoms with E-state index >= 15 is 0 Å². The van der Waals surface area contributed by atoms with Crippen LogP contribution in [-0.2, 0) is 11.2 Å². The van der Waals surface area contributed by atoms with Crippen LogP contribution in [0.2, 0.25) is 0 Å². The minimum absolute atomic E-state index is 0.0375. The predicted molar refractivity (Wildman–Crippen MR) is 128 cm³/mol. The number of aliphatic hydroxyl groups excluding tert-OH is 1. The molecule has 2 heterocycles. The molecular formula is C28H31N3O2. The molecule has 2 atom stereocenters. The van der Waals surface area contributed by atoms with Gasteiger partial charge in [-0.25, -0.2) is 4.98 Å². The molecule has 4 aliphatic rings. The number of imidazole rings is 1. The molecule has 2 unspecified atom stereocenters. The van der Waals surface area contributed by atoms with Crippen molar-refractivity contribution in [2.45, 2.75) is 69.1 Å². The Morgan fingerprint density at radius 3 is 2.48 bits per heavy atom. The van der Waals surface area contributed by atoms with Gasteiger partial charge in [0.2, 0.25) is 5.91 Å². The van der Waals surface area contributed by atoms with Crippen molar-refractivity contribution < 1.29 is 9.90 Å². The Morgan fingerprint density at radius 1 is 1.03 bits per heavy atom. The highest BCUT2D eigenvalue weighted by molar-refractivity contribution is 5.79.